The Balaban J connectivity index is 1.44. The molecule has 0 fully saturated rings. The number of halogens is 2. The van der Waals surface area contributed by atoms with E-state index in [-0.39, 0.29) is 23.5 Å². The molecule has 1 aliphatic heterocycles. The van der Waals surface area contributed by atoms with Crippen LogP contribution in [0.5, 0.6) is 0 Å². The number of aromatic nitrogens is 3. The summed E-state index contributed by atoms with van der Waals surface area (Å²) in [7, 11) is 0. The van der Waals surface area contributed by atoms with Gasteiger partial charge in [-0.25, -0.2) is 9.37 Å². The minimum atomic E-state index is -1.17. The smallest absolute Gasteiger partial charge is 0.383 e. The van der Waals surface area contributed by atoms with Crippen molar-refractivity contribution in [1.82, 2.24) is 19.4 Å². The molecule has 30 heavy (non-hydrogen) atoms. The number of hydrogen-bond acceptors (Lipinski definition) is 7. The molecular weight excluding hydrogens is 433 g/mol. The zero-order valence-electron chi connectivity index (χ0n) is 16.1. The summed E-state index contributed by atoms with van der Waals surface area (Å²) in [5.41, 5.74) is 0.745. The van der Waals surface area contributed by atoms with Crippen molar-refractivity contribution < 1.29 is 14.4 Å². The first-order chi connectivity index (χ1) is 14.2. The Labute approximate surface area is 180 Å². The third-order valence-corrected chi connectivity index (χ3v) is 6.31. The van der Waals surface area contributed by atoms with Crippen LogP contribution in [0.25, 0.3) is 10.6 Å². The molecule has 0 bridgehead atoms. The lowest BCUT2D eigenvalue weighted by Gasteiger charge is -2.33. The molecule has 0 amide bonds. The number of hydrogen-bond donors (Lipinski definition) is 1. The molecule has 0 spiro atoms. The van der Waals surface area contributed by atoms with Crippen LogP contribution in [0.15, 0.2) is 30.5 Å². The Bertz CT molecular complexity index is 1080. The van der Waals surface area contributed by atoms with Crippen LogP contribution in [-0.2, 0) is 19.5 Å². The van der Waals surface area contributed by atoms with Gasteiger partial charge in [-0.2, -0.15) is 0 Å². The van der Waals surface area contributed by atoms with Gasteiger partial charge in [0, 0.05) is 36.5 Å². The summed E-state index contributed by atoms with van der Waals surface area (Å²) >= 11 is 7.54. The number of rotatable bonds is 6. The summed E-state index contributed by atoms with van der Waals surface area (Å²) < 4.78 is 14.5. The van der Waals surface area contributed by atoms with Crippen LogP contribution < -0.4 is 0 Å². The Morgan fingerprint density at radius 1 is 1.33 bits per heavy atom. The highest BCUT2D eigenvalue weighted by Crippen LogP contribution is 2.32. The number of imidazole rings is 1. The van der Waals surface area contributed by atoms with Crippen molar-refractivity contribution in [2.45, 2.75) is 32.0 Å². The van der Waals surface area contributed by atoms with Crippen LogP contribution in [0.4, 0.5) is 10.2 Å². The monoisotopic (exact) mass is 451 g/mol. The zero-order valence-corrected chi connectivity index (χ0v) is 17.7. The molecule has 3 heterocycles. The zero-order chi connectivity index (χ0) is 21.5. The van der Waals surface area contributed by atoms with Crippen LogP contribution in [0.3, 0.4) is 0 Å². The summed E-state index contributed by atoms with van der Waals surface area (Å²) in [6.07, 6.45) is 1.98. The van der Waals surface area contributed by atoms with E-state index in [1.165, 1.54) is 22.9 Å². The lowest BCUT2D eigenvalue weighted by Crippen LogP contribution is -2.45. The molecule has 1 aromatic carbocycles. The first-order valence-corrected chi connectivity index (χ1v) is 10.5. The lowest BCUT2D eigenvalue weighted by molar-refractivity contribution is -0.389. The summed E-state index contributed by atoms with van der Waals surface area (Å²) in [4.78, 5) is 21.9. The number of fused-ring (bicyclic) bond motifs is 1. The molecule has 0 radical (unpaired) electrons. The molecule has 0 saturated carbocycles. The van der Waals surface area contributed by atoms with E-state index in [4.69, 9.17) is 16.6 Å². The van der Waals surface area contributed by atoms with Gasteiger partial charge < -0.3 is 15.2 Å². The van der Waals surface area contributed by atoms with Crippen molar-refractivity contribution in [3.05, 3.63) is 62.2 Å². The van der Waals surface area contributed by atoms with Gasteiger partial charge in [-0.3, -0.25) is 9.47 Å². The third-order valence-electron chi connectivity index (χ3n) is 4.88. The molecule has 0 saturated heterocycles. The molecular formula is C19H19ClFN5O3S. The standard InChI is InChI=1S/C19H19ClFN5O3S/c1-19(27,11-25-9-16(26(28)29)23-18(25)20)10-24-7-6-14-15(8-24)30-17(22-14)12-2-4-13(21)5-3-12/h2-5,9,27H,6-8,10-11H2,1H3. The van der Waals surface area contributed by atoms with Crippen molar-refractivity contribution in [2.75, 3.05) is 13.1 Å². The van der Waals surface area contributed by atoms with Crippen molar-refractivity contribution in [2.24, 2.45) is 0 Å². The Kier molecular flexibility index (Phi) is 5.58. The molecule has 8 nitrogen and oxygen atoms in total. The predicted octanol–water partition coefficient (Wildman–Crippen LogP) is 3.52. The minimum Gasteiger partial charge on any atom is -0.387 e. The predicted molar refractivity (Wildman–Crippen MR) is 111 cm³/mol. The van der Waals surface area contributed by atoms with Crippen molar-refractivity contribution in [1.29, 1.82) is 0 Å². The fourth-order valence-electron chi connectivity index (χ4n) is 3.58. The highest BCUT2D eigenvalue weighted by atomic mass is 35.5. The fourth-order valence-corrected chi connectivity index (χ4v) is 4.93. The topological polar surface area (TPSA) is 97.3 Å². The number of aliphatic hydroxyl groups is 1. The van der Waals surface area contributed by atoms with Gasteiger partial charge in [-0.05, 0) is 52.7 Å². The highest BCUT2D eigenvalue weighted by Gasteiger charge is 2.30. The van der Waals surface area contributed by atoms with Crippen molar-refractivity contribution in [3.8, 4) is 10.6 Å². The minimum absolute atomic E-state index is 0.0331. The van der Waals surface area contributed by atoms with Gasteiger partial charge in [0.25, 0.3) is 0 Å². The number of nitrogens with zero attached hydrogens (tertiary/aromatic N) is 5. The SMILES string of the molecule is CC(O)(CN1CCc2nc(-c3ccc(F)cc3)sc2C1)Cn1cc([N+](=O)[O-])nc1Cl. The maximum absolute atomic E-state index is 13.2. The van der Waals surface area contributed by atoms with E-state index in [1.807, 2.05) is 0 Å². The molecule has 1 N–H and O–H groups in total. The Morgan fingerprint density at radius 2 is 2.07 bits per heavy atom. The fraction of sp³-hybridized carbons (Fsp3) is 0.368. The normalized spacial score (nSPS) is 16.3. The van der Waals surface area contributed by atoms with Gasteiger partial charge in [-0.1, -0.05) is 0 Å². The molecule has 3 aromatic rings. The largest absolute Gasteiger partial charge is 0.387 e. The van der Waals surface area contributed by atoms with Crippen LogP contribution in [-0.4, -0.2) is 48.2 Å². The number of β-amino-alcohol motifs (C(OH)–C–C–N with tert-alkyl or cyclic N) is 1. The van der Waals surface area contributed by atoms with E-state index in [9.17, 15) is 19.6 Å². The molecule has 158 valence electrons. The summed E-state index contributed by atoms with van der Waals surface area (Å²) in [6, 6.07) is 6.28. The third kappa shape index (κ3) is 4.51. The maximum Gasteiger partial charge on any atom is 0.383 e. The van der Waals surface area contributed by atoms with Gasteiger partial charge >= 0.3 is 11.1 Å². The molecule has 4 rings (SSSR count). The maximum atomic E-state index is 13.2. The second-order valence-electron chi connectivity index (χ2n) is 7.61. The average molecular weight is 452 g/mol. The van der Waals surface area contributed by atoms with Gasteiger partial charge in [0.1, 0.15) is 17.0 Å². The van der Waals surface area contributed by atoms with Crippen molar-refractivity contribution >= 4 is 28.8 Å². The van der Waals surface area contributed by atoms with Gasteiger partial charge in [0.05, 0.1) is 17.8 Å². The summed E-state index contributed by atoms with van der Waals surface area (Å²) in [5, 5.41) is 22.6. The molecule has 2 aromatic heterocycles. The average Bonchev–Trinajstić information content (AvgIpc) is 3.25. The van der Waals surface area contributed by atoms with E-state index in [2.05, 4.69) is 9.88 Å². The Morgan fingerprint density at radius 3 is 2.73 bits per heavy atom. The second-order valence-corrected chi connectivity index (χ2v) is 9.03. The molecule has 1 unspecified atom stereocenters. The van der Waals surface area contributed by atoms with E-state index in [1.54, 1.807) is 30.4 Å². The van der Waals surface area contributed by atoms with E-state index < -0.39 is 10.5 Å². The number of nitro groups is 1. The van der Waals surface area contributed by atoms with Crippen molar-refractivity contribution in [3.63, 3.8) is 0 Å². The summed E-state index contributed by atoms with van der Waals surface area (Å²) in [5.74, 6) is -0.631. The highest BCUT2D eigenvalue weighted by molar-refractivity contribution is 7.15. The molecule has 0 aliphatic carbocycles. The van der Waals surface area contributed by atoms with E-state index in [0.717, 1.165) is 34.1 Å². The number of benzene rings is 1. The molecule has 1 aliphatic rings. The first-order valence-electron chi connectivity index (χ1n) is 9.26. The van der Waals surface area contributed by atoms with Crippen LogP contribution in [0, 0.1) is 15.9 Å². The van der Waals surface area contributed by atoms with Gasteiger partial charge in [-0.15, -0.1) is 11.3 Å². The second kappa shape index (κ2) is 8.03. The molecule has 11 heteroatoms. The summed E-state index contributed by atoms with van der Waals surface area (Å²) in [6.45, 7) is 3.48. The number of thiazole rings is 1. The quantitative estimate of drug-likeness (QED) is 0.455. The van der Waals surface area contributed by atoms with E-state index in [0.29, 0.717) is 13.1 Å². The lowest BCUT2D eigenvalue weighted by atomic mass is 10.0. The van der Waals surface area contributed by atoms with Crippen LogP contribution >= 0.6 is 22.9 Å². The Hall–Kier alpha value is -2.40. The van der Waals surface area contributed by atoms with Crippen LogP contribution in [0.1, 0.15) is 17.5 Å². The van der Waals surface area contributed by atoms with Gasteiger partial charge in [0.15, 0.2) is 0 Å². The first kappa shape index (κ1) is 20.9. The van der Waals surface area contributed by atoms with Gasteiger partial charge in [0.2, 0.25) is 0 Å². The van der Waals surface area contributed by atoms with E-state index >= 15 is 0 Å². The van der Waals surface area contributed by atoms with Crippen LogP contribution in [0.2, 0.25) is 5.28 Å². The molecule has 1 atom stereocenters.